The van der Waals surface area contributed by atoms with E-state index < -0.39 is 0 Å². The van der Waals surface area contributed by atoms with Gasteiger partial charge in [0.05, 0.1) is 12.2 Å². The number of ether oxygens (including phenoxy) is 1. The number of rotatable bonds is 11. The number of hydrogen-bond donors (Lipinski definition) is 2. The Bertz CT molecular complexity index is 1710. The fourth-order valence-electron chi connectivity index (χ4n) is 4.92. The Labute approximate surface area is 251 Å². The second-order valence-corrected chi connectivity index (χ2v) is 11.3. The number of nitrogens with one attached hydrogen (secondary N) is 2. The number of nitrogens with zero attached hydrogens (tertiary/aromatic N) is 1. The summed E-state index contributed by atoms with van der Waals surface area (Å²) in [6, 6.07) is 31.9. The van der Waals surface area contributed by atoms with Crippen LogP contribution in [0.3, 0.4) is 0 Å². The Balaban J connectivity index is 1.42. The van der Waals surface area contributed by atoms with Crippen molar-refractivity contribution in [3.8, 4) is 0 Å². The van der Waals surface area contributed by atoms with Crippen molar-refractivity contribution in [2.24, 2.45) is 0 Å². The van der Waals surface area contributed by atoms with E-state index in [1.807, 2.05) is 71.3 Å². The van der Waals surface area contributed by atoms with Crippen LogP contribution in [0.5, 0.6) is 0 Å². The monoisotopic (exact) mass is 577 g/mol. The normalized spacial score (nSPS) is 11.0. The van der Waals surface area contributed by atoms with Crippen molar-refractivity contribution in [3.05, 3.63) is 131 Å². The van der Waals surface area contributed by atoms with Gasteiger partial charge in [0.2, 0.25) is 0 Å². The summed E-state index contributed by atoms with van der Waals surface area (Å²) in [5.74, 6) is 0.446. The molecule has 2 amide bonds. The van der Waals surface area contributed by atoms with Crippen LogP contribution in [0.15, 0.2) is 102 Å². The first-order valence-electron chi connectivity index (χ1n) is 14.0. The van der Waals surface area contributed by atoms with E-state index in [1.54, 1.807) is 18.9 Å². The topological polar surface area (TPSA) is 72.4 Å². The van der Waals surface area contributed by atoms with Gasteiger partial charge in [0.1, 0.15) is 5.69 Å². The third kappa shape index (κ3) is 6.93. The van der Waals surface area contributed by atoms with Gasteiger partial charge in [-0.05, 0) is 66.9 Å². The number of aromatic nitrogens is 1. The first kappa shape index (κ1) is 29.2. The summed E-state index contributed by atoms with van der Waals surface area (Å²) in [5.41, 5.74) is 7.48. The number of thioether (sulfide) groups is 1. The van der Waals surface area contributed by atoms with E-state index in [0.29, 0.717) is 36.6 Å². The maximum absolute atomic E-state index is 13.4. The molecule has 0 unspecified atom stereocenters. The van der Waals surface area contributed by atoms with Crippen LogP contribution in [-0.4, -0.2) is 36.6 Å². The summed E-state index contributed by atoms with van der Waals surface area (Å²) in [6.45, 7) is 5.57. The van der Waals surface area contributed by atoms with Gasteiger partial charge in [0.25, 0.3) is 11.8 Å². The number of carbonyl (C=O) groups excluding carboxylic acids is 2. The zero-order valence-corrected chi connectivity index (χ0v) is 25.0. The van der Waals surface area contributed by atoms with E-state index in [2.05, 4.69) is 54.8 Å². The summed E-state index contributed by atoms with van der Waals surface area (Å²) < 4.78 is 7.16. The maximum atomic E-state index is 13.4. The molecule has 7 heteroatoms. The van der Waals surface area contributed by atoms with Crippen molar-refractivity contribution in [2.45, 2.75) is 31.0 Å². The van der Waals surface area contributed by atoms with E-state index >= 15 is 0 Å². The molecule has 0 atom stereocenters. The average Bonchev–Trinajstić information content (AvgIpc) is 3.36. The first-order chi connectivity index (χ1) is 20.4. The molecule has 0 aliphatic carbocycles. The molecule has 1 aromatic heterocycles. The second kappa shape index (κ2) is 13.6. The number of hydrogen-bond acceptors (Lipinski definition) is 4. The van der Waals surface area contributed by atoms with E-state index in [4.69, 9.17) is 4.74 Å². The summed E-state index contributed by atoms with van der Waals surface area (Å²) in [6.07, 6.45) is 0. The van der Waals surface area contributed by atoms with Crippen LogP contribution in [0, 0.1) is 13.8 Å². The number of anilines is 1. The van der Waals surface area contributed by atoms with Gasteiger partial charge in [-0.25, -0.2) is 0 Å². The van der Waals surface area contributed by atoms with Crippen LogP contribution in [0.1, 0.15) is 43.1 Å². The number of benzene rings is 4. The summed E-state index contributed by atoms with van der Waals surface area (Å²) in [5, 5.41) is 6.91. The van der Waals surface area contributed by atoms with Crippen molar-refractivity contribution < 1.29 is 14.3 Å². The molecule has 0 aliphatic rings. The quantitative estimate of drug-likeness (QED) is 0.128. The Hall–Kier alpha value is -4.33. The highest BCUT2D eigenvalue weighted by Crippen LogP contribution is 2.29. The fraction of sp³-hybridized carbons (Fsp3) is 0.200. The SMILES string of the molecule is COCCNC(=O)c1cc2cc(NC(=O)c3ccccc3SCc3ccccc3)ccc2n1Cc1cc(C)ccc1C. The van der Waals surface area contributed by atoms with Crippen LogP contribution in [0.25, 0.3) is 10.9 Å². The highest BCUT2D eigenvalue weighted by atomic mass is 32.2. The minimum atomic E-state index is -0.169. The molecule has 1 heterocycles. The van der Waals surface area contributed by atoms with Gasteiger partial charge in [-0.1, -0.05) is 66.2 Å². The molecule has 0 saturated carbocycles. The molecule has 6 nitrogen and oxygen atoms in total. The molecule has 42 heavy (non-hydrogen) atoms. The summed E-state index contributed by atoms with van der Waals surface area (Å²) in [4.78, 5) is 27.6. The molecular formula is C35H35N3O3S. The lowest BCUT2D eigenvalue weighted by Crippen LogP contribution is -2.29. The number of carbonyl (C=O) groups is 2. The third-order valence-electron chi connectivity index (χ3n) is 7.19. The maximum Gasteiger partial charge on any atom is 0.268 e. The lowest BCUT2D eigenvalue weighted by Gasteiger charge is -2.14. The van der Waals surface area contributed by atoms with Crippen molar-refractivity contribution in [1.29, 1.82) is 0 Å². The van der Waals surface area contributed by atoms with Crippen LogP contribution in [0.2, 0.25) is 0 Å². The predicted octanol–water partition coefficient (Wildman–Crippen LogP) is 7.23. The lowest BCUT2D eigenvalue weighted by atomic mass is 10.1. The van der Waals surface area contributed by atoms with Gasteiger partial charge < -0.3 is 19.9 Å². The van der Waals surface area contributed by atoms with Crippen molar-refractivity contribution in [2.75, 3.05) is 25.6 Å². The highest BCUT2D eigenvalue weighted by Gasteiger charge is 2.18. The molecule has 214 valence electrons. The minimum Gasteiger partial charge on any atom is -0.383 e. The number of amides is 2. The van der Waals surface area contributed by atoms with Gasteiger partial charge in [-0.3, -0.25) is 9.59 Å². The van der Waals surface area contributed by atoms with Crippen LogP contribution >= 0.6 is 11.8 Å². The van der Waals surface area contributed by atoms with E-state index in [0.717, 1.165) is 27.1 Å². The van der Waals surface area contributed by atoms with E-state index in [9.17, 15) is 9.59 Å². The van der Waals surface area contributed by atoms with Crippen molar-refractivity contribution in [3.63, 3.8) is 0 Å². The Morgan fingerprint density at radius 3 is 2.45 bits per heavy atom. The van der Waals surface area contributed by atoms with Crippen molar-refractivity contribution >= 4 is 40.2 Å². The average molecular weight is 578 g/mol. The molecule has 0 fully saturated rings. The molecule has 0 radical (unpaired) electrons. The van der Waals surface area contributed by atoms with Gasteiger partial charge in [0, 0.05) is 47.4 Å². The Kier molecular flexibility index (Phi) is 9.41. The Morgan fingerprint density at radius 2 is 1.64 bits per heavy atom. The molecule has 0 saturated heterocycles. The lowest BCUT2D eigenvalue weighted by molar-refractivity contribution is 0.0928. The van der Waals surface area contributed by atoms with Gasteiger partial charge >= 0.3 is 0 Å². The van der Waals surface area contributed by atoms with Crippen LogP contribution in [0.4, 0.5) is 5.69 Å². The van der Waals surface area contributed by atoms with Gasteiger partial charge in [-0.2, -0.15) is 0 Å². The number of fused-ring (bicyclic) bond motifs is 1. The minimum absolute atomic E-state index is 0.163. The molecule has 4 aromatic carbocycles. The first-order valence-corrected chi connectivity index (χ1v) is 14.9. The zero-order valence-electron chi connectivity index (χ0n) is 24.1. The molecular weight excluding hydrogens is 542 g/mol. The van der Waals surface area contributed by atoms with E-state index in [-0.39, 0.29) is 11.8 Å². The Morgan fingerprint density at radius 1 is 0.857 bits per heavy atom. The van der Waals surface area contributed by atoms with E-state index in [1.165, 1.54) is 16.7 Å². The summed E-state index contributed by atoms with van der Waals surface area (Å²) >= 11 is 1.64. The predicted molar refractivity (Wildman–Crippen MR) is 172 cm³/mol. The van der Waals surface area contributed by atoms with Gasteiger partial charge in [0.15, 0.2) is 0 Å². The van der Waals surface area contributed by atoms with Crippen molar-refractivity contribution in [1.82, 2.24) is 9.88 Å². The number of aryl methyl sites for hydroxylation is 2. The molecule has 0 aliphatic heterocycles. The van der Waals surface area contributed by atoms with Crippen LogP contribution in [-0.2, 0) is 17.0 Å². The fourth-order valence-corrected chi connectivity index (χ4v) is 5.92. The van der Waals surface area contributed by atoms with Crippen LogP contribution < -0.4 is 10.6 Å². The highest BCUT2D eigenvalue weighted by molar-refractivity contribution is 7.98. The molecule has 2 N–H and O–H groups in total. The number of methoxy groups -OCH3 is 1. The zero-order chi connectivity index (χ0) is 29.5. The standard InChI is InChI=1S/C35H35N3O3S/c1-24-13-14-25(2)28(19-24)22-38-31-16-15-29(20-27(31)21-32(38)35(40)36-17-18-41-3)37-34(39)30-11-7-8-12-33(30)42-23-26-9-5-4-6-10-26/h4-16,19-21H,17-18,22-23H2,1-3H3,(H,36,40)(H,37,39). The summed E-state index contributed by atoms with van der Waals surface area (Å²) in [7, 11) is 1.61. The smallest absolute Gasteiger partial charge is 0.268 e. The molecule has 0 bridgehead atoms. The van der Waals surface area contributed by atoms with Gasteiger partial charge in [-0.15, -0.1) is 11.8 Å². The molecule has 5 aromatic rings. The largest absolute Gasteiger partial charge is 0.383 e. The molecule has 0 spiro atoms. The molecule has 5 rings (SSSR count). The second-order valence-electron chi connectivity index (χ2n) is 10.3. The third-order valence-corrected chi connectivity index (χ3v) is 8.33.